The lowest BCUT2D eigenvalue weighted by Gasteiger charge is -2.07. The average molecular weight is 140 g/mol. The van der Waals surface area contributed by atoms with Crippen molar-refractivity contribution in [2.45, 2.75) is 39.0 Å². The quantitative estimate of drug-likeness (QED) is 0.591. The minimum Gasteiger partial charge on any atom is -0.312 e. The van der Waals surface area contributed by atoms with E-state index in [4.69, 9.17) is 0 Å². The van der Waals surface area contributed by atoms with Crippen LogP contribution in [0.5, 0.6) is 0 Å². The summed E-state index contributed by atoms with van der Waals surface area (Å²) in [5, 5.41) is 3.35. The molecule has 1 fully saturated rings. The molecule has 0 bridgehead atoms. The van der Waals surface area contributed by atoms with Gasteiger partial charge in [-0.15, -0.1) is 0 Å². The molecule has 1 nitrogen and oxygen atoms in total. The summed E-state index contributed by atoms with van der Waals surface area (Å²) in [4.78, 5) is 0. The summed E-state index contributed by atoms with van der Waals surface area (Å²) < 4.78 is 0. The van der Waals surface area contributed by atoms with Crippen molar-refractivity contribution in [1.82, 2.24) is 5.32 Å². The summed E-state index contributed by atoms with van der Waals surface area (Å²) in [7, 11) is 0. The number of rotatable bonds is 4. The van der Waals surface area contributed by atoms with E-state index in [0.29, 0.717) is 0 Å². The fourth-order valence-corrected chi connectivity index (χ4v) is 1.52. The molecular formula is C9H18N. The van der Waals surface area contributed by atoms with Crippen molar-refractivity contribution in [3.8, 4) is 0 Å². The standard InChI is InChI=1S/C9H18N/c1-2-7-10-8-9-5-3-4-6-9/h8-10H,2-7H2,1H3. The molecule has 0 amide bonds. The van der Waals surface area contributed by atoms with Crippen molar-refractivity contribution in [3.63, 3.8) is 0 Å². The summed E-state index contributed by atoms with van der Waals surface area (Å²) in [6.45, 7) is 5.66. The normalized spacial score (nSPS) is 20.1. The van der Waals surface area contributed by atoms with Crippen LogP contribution < -0.4 is 5.32 Å². The summed E-state index contributed by atoms with van der Waals surface area (Å²) in [5.41, 5.74) is 0. The maximum Gasteiger partial charge on any atom is 0.0252 e. The van der Waals surface area contributed by atoms with Crippen LogP contribution in [0.3, 0.4) is 0 Å². The van der Waals surface area contributed by atoms with Gasteiger partial charge in [-0.2, -0.15) is 0 Å². The summed E-state index contributed by atoms with van der Waals surface area (Å²) >= 11 is 0. The smallest absolute Gasteiger partial charge is 0.0252 e. The lowest BCUT2D eigenvalue weighted by atomic mass is 10.1. The predicted molar refractivity (Wildman–Crippen MR) is 44.6 cm³/mol. The largest absolute Gasteiger partial charge is 0.312 e. The minimum atomic E-state index is 0.881. The topological polar surface area (TPSA) is 12.0 Å². The van der Waals surface area contributed by atoms with Gasteiger partial charge >= 0.3 is 0 Å². The Morgan fingerprint density at radius 2 is 2.10 bits per heavy atom. The van der Waals surface area contributed by atoms with Gasteiger partial charge in [0.15, 0.2) is 0 Å². The summed E-state index contributed by atoms with van der Waals surface area (Å²) in [6.07, 6.45) is 6.95. The molecule has 1 radical (unpaired) electrons. The highest BCUT2D eigenvalue weighted by atomic mass is 14.8. The molecule has 0 saturated heterocycles. The fourth-order valence-electron chi connectivity index (χ4n) is 1.52. The highest BCUT2D eigenvalue weighted by Gasteiger charge is 2.13. The number of hydrogen-bond acceptors (Lipinski definition) is 1. The first kappa shape index (κ1) is 8.06. The molecule has 1 aliphatic rings. The van der Waals surface area contributed by atoms with Crippen molar-refractivity contribution in [2.75, 3.05) is 6.54 Å². The first-order valence-electron chi connectivity index (χ1n) is 4.50. The molecule has 1 N–H and O–H groups in total. The summed E-state index contributed by atoms with van der Waals surface area (Å²) in [6, 6.07) is 0. The molecular weight excluding hydrogens is 122 g/mol. The zero-order valence-electron chi connectivity index (χ0n) is 6.90. The van der Waals surface area contributed by atoms with Crippen molar-refractivity contribution in [3.05, 3.63) is 6.54 Å². The molecule has 0 heterocycles. The van der Waals surface area contributed by atoms with Crippen LogP contribution >= 0.6 is 0 Å². The Balaban J connectivity index is 1.91. The maximum absolute atomic E-state index is 3.35. The molecule has 0 aromatic carbocycles. The van der Waals surface area contributed by atoms with Gasteiger partial charge in [0, 0.05) is 6.54 Å². The van der Waals surface area contributed by atoms with Crippen LogP contribution in [0.1, 0.15) is 39.0 Å². The molecule has 0 spiro atoms. The Morgan fingerprint density at radius 3 is 2.70 bits per heavy atom. The van der Waals surface area contributed by atoms with Gasteiger partial charge in [-0.05, 0) is 31.7 Å². The Kier molecular flexibility index (Phi) is 3.81. The van der Waals surface area contributed by atoms with Gasteiger partial charge in [-0.1, -0.05) is 19.8 Å². The third-order valence-electron chi connectivity index (χ3n) is 2.15. The van der Waals surface area contributed by atoms with Gasteiger partial charge < -0.3 is 5.32 Å². The van der Waals surface area contributed by atoms with E-state index in [1.165, 1.54) is 32.1 Å². The molecule has 59 valence electrons. The lowest BCUT2D eigenvalue weighted by molar-refractivity contribution is 0.564. The van der Waals surface area contributed by atoms with E-state index in [1.54, 1.807) is 0 Å². The SMILES string of the molecule is CCCN[CH]C1CCCC1. The van der Waals surface area contributed by atoms with Crippen LogP contribution in [0.25, 0.3) is 0 Å². The zero-order chi connectivity index (χ0) is 7.23. The van der Waals surface area contributed by atoms with Gasteiger partial charge in [-0.3, -0.25) is 0 Å². The Hall–Kier alpha value is -0.0400. The molecule has 0 aliphatic heterocycles. The summed E-state index contributed by atoms with van der Waals surface area (Å²) in [5.74, 6) is 0.881. The highest BCUT2D eigenvalue weighted by molar-refractivity contribution is 4.78. The Morgan fingerprint density at radius 1 is 1.40 bits per heavy atom. The van der Waals surface area contributed by atoms with Gasteiger partial charge in [0.05, 0.1) is 0 Å². The number of nitrogens with one attached hydrogen (secondary N) is 1. The second kappa shape index (κ2) is 4.73. The lowest BCUT2D eigenvalue weighted by Crippen LogP contribution is -2.15. The van der Waals surface area contributed by atoms with Crippen LogP contribution in [0.4, 0.5) is 0 Å². The van der Waals surface area contributed by atoms with Crippen LogP contribution in [0, 0.1) is 12.5 Å². The zero-order valence-corrected chi connectivity index (χ0v) is 6.90. The van der Waals surface area contributed by atoms with E-state index in [9.17, 15) is 0 Å². The minimum absolute atomic E-state index is 0.881. The van der Waals surface area contributed by atoms with E-state index >= 15 is 0 Å². The fraction of sp³-hybridized carbons (Fsp3) is 0.889. The van der Waals surface area contributed by atoms with Crippen molar-refractivity contribution in [1.29, 1.82) is 0 Å². The second-order valence-corrected chi connectivity index (χ2v) is 3.17. The monoisotopic (exact) mass is 140 g/mol. The van der Waals surface area contributed by atoms with Crippen LogP contribution in [0.2, 0.25) is 0 Å². The van der Waals surface area contributed by atoms with Crippen molar-refractivity contribution in [2.24, 2.45) is 5.92 Å². The third kappa shape index (κ3) is 2.70. The van der Waals surface area contributed by atoms with Crippen molar-refractivity contribution >= 4 is 0 Å². The van der Waals surface area contributed by atoms with Gasteiger partial charge in [0.25, 0.3) is 0 Å². The van der Waals surface area contributed by atoms with Crippen LogP contribution in [-0.2, 0) is 0 Å². The molecule has 1 rings (SSSR count). The maximum atomic E-state index is 3.35. The van der Waals surface area contributed by atoms with Gasteiger partial charge in [-0.25, -0.2) is 0 Å². The van der Waals surface area contributed by atoms with E-state index in [2.05, 4.69) is 18.8 Å². The molecule has 0 aromatic rings. The average Bonchev–Trinajstić information content (AvgIpc) is 2.41. The van der Waals surface area contributed by atoms with E-state index in [1.807, 2.05) is 0 Å². The van der Waals surface area contributed by atoms with Crippen LogP contribution in [-0.4, -0.2) is 6.54 Å². The van der Waals surface area contributed by atoms with Gasteiger partial charge in [0.1, 0.15) is 0 Å². The predicted octanol–water partition coefficient (Wildman–Crippen LogP) is 2.34. The molecule has 1 saturated carbocycles. The third-order valence-corrected chi connectivity index (χ3v) is 2.15. The second-order valence-electron chi connectivity index (χ2n) is 3.17. The molecule has 0 aromatic heterocycles. The molecule has 0 unspecified atom stereocenters. The van der Waals surface area contributed by atoms with Crippen LogP contribution in [0.15, 0.2) is 0 Å². The first-order chi connectivity index (χ1) is 4.93. The van der Waals surface area contributed by atoms with Gasteiger partial charge in [0.2, 0.25) is 0 Å². The van der Waals surface area contributed by atoms with E-state index in [-0.39, 0.29) is 0 Å². The Labute approximate surface area is 64.2 Å². The highest BCUT2D eigenvalue weighted by Crippen LogP contribution is 2.25. The Bertz CT molecular complexity index is 74.8. The van der Waals surface area contributed by atoms with Crippen molar-refractivity contribution < 1.29 is 0 Å². The first-order valence-corrected chi connectivity index (χ1v) is 4.50. The molecule has 10 heavy (non-hydrogen) atoms. The molecule has 1 aliphatic carbocycles. The van der Waals surface area contributed by atoms with E-state index in [0.717, 1.165) is 12.5 Å². The molecule has 0 atom stereocenters. The number of hydrogen-bond donors (Lipinski definition) is 1. The van der Waals surface area contributed by atoms with E-state index < -0.39 is 0 Å². The molecule has 1 heteroatoms.